The molecule has 1 aromatic heterocycles. The Morgan fingerprint density at radius 1 is 1.35 bits per heavy atom. The van der Waals surface area contributed by atoms with Gasteiger partial charge in [0.1, 0.15) is 6.26 Å². The number of hydrogen-bond donors (Lipinski definition) is 0. The van der Waals surface area contributed by atoms with E-state index in [9.17, 15) is 4.79 Å². The van der Waals surface area contributed by atoms with E-state index in [-0.39, 0.29) is 11.3 Å². The molecule has 2 aliphatic rings. The maximum atomic E-state index is 12.6. The van der Waals surface area contributed by atoms with Crippen molar-refractivity contribution in [3.8, 4) is 0 Å². The summed E-state index contributed by atoms with van der Waals surface area (Å²) < 4.78 is 10.9. The summed E-state index contributed by atoms with van der Waals surface area (Å²) in [5.74, 6) is 0.0513. The first kappa shape index (κ1) is 16.5. The van der Waals surface area contributed by atoms with Gasteiger partial charge < -0.3 is 23.9 Å². The minimum absolute atomic E-state index is 0.0513. The van der Waals surface area contributed by atoms with Crippen LogP contribution in [0.15, 0.2) is 23.0 Å². The molecule has 23 heavy (non-hydrogen) atoms. The van der Waals surface area contributed by atoms with Gasteiger partial charge in [0.15, 0.2) is 0 Å². The number of furan rings is 1. The van der Waals surface area contributed by atoms with Crippen molar-refractivity contribution < 1.29 is 13.9 Å². The van der Waals surface area contributed by atoms with Gasteiger partial charge in [-0.3, -0.25) is 4.79 Å². The first-order valence-electron chi connectivity index (χ1n) is 8.34. The fourth-order valence-corrected chi connectivity index (χ4v) is 3.54. The molecule has 0 aliphatic carbocycles. The number of likely N-dealkylation sites (N-methyl/N-ethyl adjacent to an activating group) is 1. The minimum atomic E-state index is 0.0513. The quantitative estimate of drug-likeness (QED) is 0.828. The van der Waals surface area contributed by atoms with Gasteiger partial charge in [-0.15, -0.1) is 0 Å². The van der Waals surface area contributed by atoms with Crippen LogP contribution in [0, 0.1) is 5.41 Å². The van der Waals surface area contributed by atoms with Crippen LogP contribution >= 0.6 is 0 Å². The van der Waals surface area contributed by atoms with E-state index in [0.29, 0.717) is 18.7 Å². The maximum absolute atomic E-state index is 12.6. The van der Waals surface area contributed by atoms with Gasteiger partial charge >= 0.3 is 0 Å². The van der Waals surface area contributed by atoms with Gasteiger partial charge in [-0.05, 0) is 33.1 Å². The molecule has 1 amide bonds. The number of ether oxygens (including phenoxy) is 1. The lowest BCUT2D eigenvalue weighted by molar-refractivity contribution is 0.0644. The Bertz CT molecular complexity index is 517. The lowest BCUT2D eigenvalue weighted by Crippen LogP contribution is -2.43. The summed E-state index contributed by atoms with van der Waals surface area (Å²) in [5, 5.41) is 0. The maximum Gasteiger partial charge on any atom is 0.257 e. The highest BCUT2D eigenvalue weighted by atomic mass is 16.5. The smallest absolute Gasteiger partial charge is 0.257 e. The molecule has 0 unspecified atom stereocenters. The zero-order valence-electron chi connectivity index (χ0n) is 14.2. The highest BCUT2D eigenvalue weighted by molar-refractivity contribution is 5.93. The molecular formula is C17H27N3O3. The van der Waals surface area contributed by atoms with Crippen molar-refractivity contribution in [1.82, 2.24) is 14.7 Å². The summed E-state index contributed by atoms with van der Waals surface area (Å²) in [6.45, 7) is 7.03. The Morgan fingerprint density at radius 2 is 2.22 bits per heavy atom. The van der Waals surface area contributed by atoms with E-state index in [1.807, 2.05) is 4.90 Å². The topological polar surface area (TPSA) is 49.2 Å². The van der Waals surface area contributed by atoms with E-state index >= 15 is 0 Å². The fraction of sp³-hybridized carbons (Fsp3) is 0.706. The SMILES string of the molecule is CN(C)CCN1CC[C@@]2(COCCN(C(=O)c3ccoc3)C2)C1. The average molecular weight is 321 g/mol. The number of likely N-dealkylation sites (tertiary alicyclic amines) is 1. The van der Waals surface area contributed by atoms with E-state index in [4.69, 9.17) is 9.15 Å². The van der Waals surface area contributed by atoms with E-state index in [0.717, 1.165) is 45.8 Å². The van der Waals surface area contributed by atoms with Crippen molar-refractivity contribution in [1.29, 1.82) is 0 Å². The van der Waals surface area contributed by atoms with E-state index in [1.165, 1.54) is 6.26 Å². The molecule has 0 saturated carbocycles. The second-order valence-corrected chi connectivity index (χ2v) is 7.12. The van der Waals surface area contributed by atoms with E-state index < -0.39 is 0 Å². The zero-order valence-corrected chi connectivity index (χ0v) is 14.2. The highest BCUT2D eigenvalue weighted by Crippen LogP contribution is 2.33. The van der Waals surface area contributed by atoms with Crippen LogP contribution in [0.25, 0.3) is 0 Å². The average Bonchev–Trinajstić information content (AvgIpc) is 3.13. The van der Waals surface area contributed by atoms with Crippen molar-refractivity contribution >= 4 is 5.91 Å². The number of hydrogen-bond acceptors (Lipinski definition) is 5. The summed E-state index contributed by atoms with van der Waals surface area (Å²) >= 11 is 0. The molecule has 0 radical (unpaired) electrons. The van der Waals surface area contributed by atoms with Crippen molar-refractivity contribution in [2.45, 2.75) is 6.42 Å². The van der Waals surface area contributed by atoms with E-state index in [1.54, 1.807) is 12.3 Å². The molecule has 128 valence electrons. The Labute approximate surface area is 138 Å². The van der Waals surface area contributed by atoms with Crippen LogP contribution in [-0.2, 0) is 4.74 Å². The number of carbonyl (C=O) groups excluding carboxylic acids is 1. The molecule has 0 N–H and O–H groups in total. The number of rotatable bonds is 4. The molecule has 2 fully saturated rings. The van der Waals surface area contributed by atoms with Crippen LogP contribution in [0.2, 0.25) is 0 Å². The number of carbonyl (C=O) groups is 1. The lowest BCUT2D eigenvalue weighted by atomic mass is 9.87. The van der Waals surface area contributed by atoms with Gasteiger partial charge in [0.25, 0.3) is 5.91 Å². The molecule has 6 nitrogen and oxygen atoms in total. The fourth-order valence-electron chi connectivity index (χ4n) is 3.54. The number of amides is 1. The minimum Gasteiger partial charge on any atom is -0.472 e. The summed E-state index contributed by atoms with van der Waals surface area (Å²) in [6, 6.07) is 1.73. The Kier molecular flexibility index (Phi) is 5.04. The normalized spacial score (nSPS) is 26.1. The molecule has 0 aromatic carbocycles. The van der Waals surface area contributed by atoms with Gasteiger partial charge in [-0.25, -0.2) is 0 Å². The summed E-state index contributed by atoms with van der Waals surface area (Å²) in [6.07, 6.45) is 4.17. The second-order valence-electron chi connectivity index (χ2n) is 7.12. The second kappa shape index (κ2) is 7.03. The van der Waals surface area contributed by atoms with Crippen LogP contribution in [0.1, 0.15) is 16.8 Å². The molecule has 0 bridgehead atoms. The van der Waals surface area contributed by atoms with Crippen molar-refractivity contribution in [2.75, 3.05) is 66.6 Å². The van der Waals surface area contributed by atoms with Crippen molar-refractivity contribution in [3.63, 3.8) is 0 Å². The predicted molar refractivity (Wildman–Crippen MR) is 87.5 cm³/mol. The molecule has 3 rings (SSSR count). The molecule has 1 atom stereocenters. The predicted octanol–water partition coefficient (Wildman–Crippen LogP) is 1.01. The monoisotopic (exact) mass is 321 g/mol. The van der Waals surface area contributed by atoms with Gasteiger partial charge in [0, 0.05) is 38.1 Å². The van der Waals surface area contributed by atoms with Gasteiger partial charge in [0.2, 0.25) is 0 Å². The van der Waals surface area contributed by atoms with Gasteiger partial charge in [-0.2, -0.15) is 0 Å². The first-order valence-corrected chi connectivity index (χ1v) is 8.34. The molecule has 2 saturated heterocycles. The third kappa shape index (κ3) is 3.94. The van der Waals surface area contributed by atoms with E-state index in [2.05, 4.69) is 23.9 Å². The molecule has 2 aliphatic heterocycles. The summed E-state index contributed by atoms with van der Waals surface area (Å²) in [4.78, 5) is 19.3. The van der Waals surface area contributed by atoms with Crippen LogP contribution < -0.4 is 0 Å². The Hall–Kier alpha value is -1.37. The largest absolute Gasteiger partial charge is 0.472 e. The molecule has 1 aromatic rings. The summed E-state index contributed by atoms with van der Waals surface area (Å²) in [5.41, 5.74) is 0.701. The molecule has 6 heteroatoms. The number of nitrogens with zero attached hydrogens (tertiary/aromatic N) is 3. The van der Waals surface area contributed by atoms with Crippen molar-refractivity contribution in [3.05, 3.63) is 24.2 Å². The Morgan fingerprint density at radius 3 is 2.96 bits per heavy atom. The van der Waals surface area contributed by atoms with Gasteiger partial charge in [-0.1, -0.05) is 0 Å². The van der Waals surface area contributed by atoms with Crippen molar-refractivity contribution in [2.24, 2.45) is 5.41 Å². The van der Waals surface area contributed by atoms with Crippen LogP contribution in [-0.4, -0.2) is 87.2 Å². The molecular weight excluding hydrogens is 294 g/mol. The standard InChI is InChI=1S/C17H27N3O3/c1-18(2)6-7-19-5-4-17(12-19)13-20(8-10-23-14-17)16(21)15-3-9-22-11-15/h3,9,11H,4-8,10,12-14H2,1-2H3/t17-/m1/s1. The third-order valence-corrected chi connectivity index (χ3v) is 4.88. The zero-order chi connectivity index (χ0) is 16.3. The first-order chi connectivity index (χ1) is 11.1. The molecule has 3 heterocycles. The van der Waals surface area contributed by atoms with Crippen LogP contribution in [0.4, 0.5) is 0 Å². The van der Waals surface area contributed by atoms with Gasteiger partial charge in [0.05, 0.1) is 25.0 Å². The third-order valence-electron chi connectivity index (χ3n) is 4.88. The van der Waals surface area contributed by atoms with Crippen LogP contribution in [0.3, 0.4) is 0 Å². The Balaban J connectivity index is 1.64. The lowest BCUT2D eigenvalue weighted by Gasteiger charge is -2.32. The van der Waals surface area contributed by atoms with Crippen LogP contribution in [0.5, 0.6) is 0 Å². The summed E-state index contributed by atoms with van der Waals surface area (Å²) in [7, 11) is 4.21. The molecule has 1 spiro atoms. The highest BCUT2D eigenvalue weighted by Gasteiger charge is 2.42.